The van der Waals surface area contributed by atoms with Crippen LogP contribution in [0.25, 0.3) is 0 Å². The maximum Gasteiger partial charge on any atom is 0.255 e. The van der Waals surface area contributed by atoms with Gasteiger partial charge >= 0.3 is 0 Å². The molecule has 158 valence electrons. The van der Waals surface area contributed by atoms with E-state index in [9.17, 15) is 14.7 Å². The zero-order valence-corrected chi connectivity index (χ0v) is 17.0. The number of carbonyl (C=O) groups is 2. The summed E-state index contributed by atoms with van der Waals surface area (Å²) in [6.07, 6.45) is 5.39. The fourth-order valence-corrected chi connectivity index (χ4v) is 3.22. The molecule has 31 heavy (non-hydrogen) atoms. The molecule has 2 amide bonds. The van der Waals surface area contributed by atoms with Gasteiger partial charge in [0.1, 0.15) is 17.6 Å². The van der Waals surface area contributed by atoms with Crippen molar-refractivity contribution >= 4 is 23.2 Å². The molecule has 4 rings (SSSR count). The van der Waals surface area contributed by atoms with E-state index in [4.69, 9.17) is 0 Å². The molecule has 1 fully saturated rings. The van der Waals surface area contributed by atoms with Crippen molar-refractivity contribution in [3.63, 3.8) is 0 Å². The first-order valence-electron chi connectivity index (χ1n) is 10.00. The van der Waals surface area contributed by atoms with Crippen LogP contribution >= 0.6 is 0 Å². The summed E-state index contributed by atoms with van der Waals surface area (Å²) in [5, 5.41) is 18.4. The van der Waals surface area contributed by atoms with Gasteiger partial charge in [-0.1, -0.05) is 12.1 Å². The van der Waals surface area contributed by atoms with E-state index in [1.807, 2.05) is 31.2 Å². The van der Waals surface area contributed by atoms with Crippen molar-refractivity contribution in [2.75, 3.05) is 5.32 Å². The minimum atomic E-state index is -0.873. The van der Waals surface area contributed by atoms with Gasteiger partial charge in [0.15, 0.2) is 0 Å². The van der Waals surface area contributed by atoms with Crippen molar-refractivity contribution in [1.82, 2.24) is 20.6 Å². The van der Waals surface area contributed by atoms with Crippen molar-refractivity contribution in [1.29, 1.82) is 0 Å². The molecule has 4 N–H and O–H groups in total. The van der Waals surface area contributed by atoms with Gasteiger partial charge in [-0.05, 0) is 61.7 Å². The fourth-order valence-electron chi connectivity index (χ4n) is 3.22. The van der Waals surface area contributed by atoms with Crippen LogP contribution in [0.2, 0.25) is 0 Å². The molecule has 0 radical (unpaired) electrons. The predicted octanol–water partition coefficient (Wildman–Crippen LogP) is 3.07. The lowest BCUT2D eigenvalue weighted by atomic mass is 10.1. The molecule has 1 aliphatic carbocycles. The molecule has 0 spiro atoms. The Hall–Kier alpha value is -3.94. The van der Waals surface area contributed by atoms with Gasteiger partial charge in [-0.2, -0.15) is 0 Å². The standard InChI is InChI=1S/C23H23N5O3/c1-15(16-2-4-18(5-3-16)27-19-6-8-20(29)9-7-19)26-22(31)23(10-11-23)28-21(30)17-12-24-14-25-13-17/h2-9,12-15,27,29H,10-11H2,1H3,(H,26,31)(H,28,30). The fraction of sp³-hybridized carbons (Fsp3) is 0.217. The van der Waals surface area contributed by atoms with Crippen LogP contribution in [0.4, 0.5) is 11.4 Å². The van der Waals surface area contributed by atoms with Gasteiger partial charge in [-0.3, -0.25) is 9.59 Å². The number of amides is 2. The van der Waals surface area contributed by atoms with Gasteiger partial charge in [0.2, 0.25) is 5.91 Å². The first-order valence-corrected chi connectivity index (χ1v) is 10.00. The van der Waals surface area contributed by atoms with Crippen LogP contribution in [-0.4, -0.2) is 32.4 Å². The first-order chi connectivity index (χ1) is 14.9. The Morgan fingerprint density at radius 1 is 0.968 bits per heavy atom. The van der Waals surface area contributed by atoms with Gasteiger partial charge in [0.25, 0.3) is 5.91 Å². The van der Waals surface area contributed by atoms with Crippen molar-refractivity contribution in [3.8, 4) is 5.75 Å². The third kappa shape index (κ3) is 4.80. The van der Waals surface area contributed by atoms with Crippen molar-refractivity contribution < 1.29 is 14.7 Å². The molecule has 0 saturated heterocycles. The number of benzene rings is 2. The number of nitrogens with one attached hydrogen (secondary N) is 3. The SMILES string of the molecule is CC(NC(=O)C1(NC(=O)c2cncnc2)CC1)c1ccc(Nc2ccc(O)cc2)cc1. The summed E-state index contributed by atoms with van der Waals surface area (Å²) in [7, 11) is 0. The van der Waals surface area contributed by atoms with E-state index in [0.29, 0.717) is 18.4 Å². The number of phenols is 1. The lowest BCUT2D eigenvalue weighted by molar-refractivity contribution is -0.124. The Bertz CT molecular complexity index is 1060. The van der Waals surface area contributed by atoms with Crippen molar-refractivity contribution in [2.24, 2.45) is 0 Å². The number of aromatic hydroxyl groups is 1. The molecule has 8 heteroatoms. The number of hydrogen-bond donors (Lipinski definition) is 4. The van der Waals surface area contributed by atoms with Crippen LogP contribution in [0.15, 0.2) is 67.3 Å². The average Bonchev–Trinajstić information content (AvgIpc) is 3.57. The highest BCUT2D eigenvalue weighted by atomic mass is 16.3. The van der Waals surface area contributed by atoms with E-state index in [-0.39, 0.29) is 23.6 Å². The van der Waals surface area contributed by atoms with E-state index in [2.05, 4.69) is 25.9 Å². The minimum Gasteiger partial charge on any atom is -0.508 e. The summed E-state index contributed by atoms with van der Waals surface area (Å²) >= 11 is 0. The van der Waals surface area contributed by atoms with E-state index in [1.54, 1.807) is 24.3 Å². The van der Waals surface area contributed by atoms with Gasteiger partial charge < -0.3 is 21.1 Å². The second-order valence-electron chi connectivity index (χ2n) is 7.65. The van der Waals surface area contributed by atoms with Crippen molar-refractivity contribution in [3.05, 3.63) is 78.4 Å². The van der Waals surface area contributed by atoms with Crippen LogP contribution in [0, 0.1) is 0 Å². The monoisotopic (exact) mass is 417 g/mol. The minimum absolute atomic E-state index is 0.198. The summed E-state index contributed by atoms with van der Waals surface area (Å²) in [5.74, 6) is -0.339. The van der Waals surface area contributed by atoms with Crippen LogP contribution in [0.5, 0.6) is 5.75 Å². The van der Waals surface area contributed by atoms with Crippen LogP contribution < -0.4 is 16.0 Å². The smallest absolute Gasteiger partial charge is 0.255 e. The number of aromatic nitrogens is 2. The maximum atomic E-state index is 12.8. The Balaban J connectivity index is 1.35. The highest BCUT2D eigenvalue weighted by molar-refractivity contribution is 6.00. The van der Waals surface area contributed by atoms with E-state index >= 15 is 0 Å². The molecular weight excluding hydrogens is 394 g/mol. The molecule has 2 aromatic carbocycles. The molecule has 0 bridgehead atoms. The lowest BCUT2D eigenvalue weighted by Gasteiger charge is -2.21. The third-order valence-electron chi connectivity index (χ3n) is 5.27. The highest BCUT2D eigenvalue weighted by Gasteiger charge is 2.51. The summed E-state index contributed by atoms with van der Waals surface area (Å²) in [5.41, 5.74) is 2.15. The number of phenolic OH excluding ortho intramolecular Hbond substituents is 1. The van der Waals surface area contributed by atoms with Crippen LogP contribution in [-0.2, 0) is 4.79 Å². The van der Waals surface area contributed by atoms with E-state index < -0.39 is 5.54 Å². The number of rotatable bonds is 7. The van der Waals surface area contributed by atoms with Gasteiger partial charge in [0, 0.05) is 23.8 Å². The summed E-state index contributed by atoms with van der Waals surface area (Å²) in [6, 6.07) is 14.3. The van der Waals surface area contributed by atoms with Crippen molar-refractivity contribution in [2.45, 2.75) is 31.3 Å². The molecule has 0 aliphatic heterocycles. The Labute approximate surface area is 179 Å². The Morgan fingerprint density at radius 3 is 2.13 bits per heavy atom. The van der Waals surface area contributed by atoms with Crippen LogP contribution in [0.1, 0.15) is 41.7 Å². The quantitative estimate of drug-likeness (QED) is 0.439. The third-order valence-corrected chi connectivity index (χ3v) is 5.27. The molecule has 8 nitrogen and oxygen atoms in total. The lowest BCUT2D eigenvalue weighted by Crippen LogP contribution is -2.49. The highest BCUT2D eigenvalue weighted by Crippen LogP contribution is 2.36. The Kier molecular flexibility index (Phi) is 5.53. The van der Waals surface area contributed by atoms with E-state index in [0.717, 1.165) is 16.9 Å². The van der Waals surface area contributed by atoms with Crippen LogP contribution in [0.3, 0.4) is 0 Å². The molecule has 1 atom stereocenters. The number of hydrogen-bond acceptors (Lipinski definition) is 6. The first kappa shape index (κ1) is 20.3. The normalized spacial score (nSPS) is 14.9. The van der Waals surface area contributed by atoms with E-state index in [1.165, 1.54) is 18.7 Å². The summed E-state index contributed by atoms with van der Waals surface area (Å²) in [6.45, 7) is 1.91. The summed E-state index contributed by atoms with van der Waals surface area (Å²) < 4.78 is 0. The molecule has 1 aromatic heterocycles. The predicted molar refractivity (Wildman–Crippen MR) is 116 cm³/mol. The van der Waals surface area contributed by atoms with Gasteiger partial charge in [-0.15, -0.1) is 0 Å². The number of carbonyl (C=O) groups excluding carboxylic acids is 2. The number of nitrogens with zero attached hydrogens (tertiary/aromatic N) is 2. The second-order valence-corrected chi connectivity index (χ2v) is 7.65. The summed E-state index contributed by atoms with van der Waals surface area (Å²) in [4.78, 5) is 32.9. The van der Waals surface area contributed by atoms with Gasteiger partial charge in [-0.25, -0.2) is 9.97 Å². The largest absolute Gasteiger partial charge is 0.508 e. The number of anilines is 2. The Morgan fingerprint density at radius 2 is 1.55 bits per heavy atom. The molecule has 1 aliphatic rings. The molecule has 1 saturated carbocycles. The topological polar surface area (TPSA) is 116 Å². The average molecular weight is 417 g/mol. The second kappa shape index (κ2) is 8.43. The molecular formula is C23H23N5O3. The zero-order chi connectivity index (χ0) is 21.8. The molecule has 1 heterocycles. The molecule has 3 aromatic rings. The van der Waals surface area contributed by atoms with Gasteiger partial charge in [0.05, 0.1) is 11.6 Å². The zero-order valence-electron chi connectivity index (χ0n) is 17.0. The molecule has 1 unspecified atom stereocenters. The maximum absolute atomic E-state index is 12.8.